The Morgan fingerprint density at radius 2 is 2.06 bits per heavy atom. The summed E-state index contributed by atoms with van der Waals surface area (Å²) in [4.78, 5) is 7.23. The first-order chi connectivity index (χ1) is 8.36. The number of imidazole rings is 1. The smallest absolute Gasteiger partial charge is 0.126 e. The van der Waals surface area contributed by atoms with Crippen LogP contribution in [0.1, 0.15) is 30.9 Å². The lowest BCUT2D eigenvalue weighted by atomic mass is 10.1. The van der Waals surface area contributed by atoms with Crippen LogP contribution in [-0.2, 0) is 12.0 Å². The minimum absolute atomic E-state index is 0.232. The zero-order valence-electron chi connectivity index (χ0n) is 10.3. The van der Waals surface area contributed by atoms with Crippen LogP contribution in [-0.4, -0.2) is 9.97 Å². The number of H-pyrrole nitrogens is 1. The summed E-state index contributed by atoms with van der Waals surface area (Å²) < 4.78 is 26.5. The van der Waals surface area contributed by atoms with E-state index in [-0.39, 0.29) is 12.0 Å². The lowest BCUT2D eigenvalue weighted by Gasteiger charge is -2.14. The molecule has 5 heteroatoms. The predicted octanol–water partition coefficient (Wildman–Crippen LogP) is 2.47. The second-order valence-electron chi connectivity index (χ2n) is 4.87. The van der Waals surface area contributed by atoms with Crippen LogP contribution in [0.2, 0.25) is 0 Å². The number of nitrogens with zero attached hydrogens (tertiary/aromatic N) is 1. The van der Waals surface area contributed by atoms with Gasteiger partial charge in [-0.2, -0.15) is 0 Å². The van der Waals surface area contributed by atoms with Crippen molar-refractivity contribution in [1.29, 1.82) is 0 Å². The van der Waals surface area contributed by atoms with Crippen molar-refractivity contribution in [2.75, 3.05) is 0 Å². The molecule has 3 N–H and O–H groups in total. The Labute approximate surface area is 104 Å². The highest BCUT2D eigenvalue weighted by atomic mass is 19.1. The molecule has 96 valence electrons. The summed E-state index contributed by atoms with van der Waals surface area (Å²) in [7, 11) is 0. The maximum atomic E-state index is 13.5. The molecule has 0 unspecified atom stereocenters. The SMILES string of the molecule is CC(C)(N)c1nc(Cc2cc(F)ccc2F)c[nH]1. The van der Waals surface area contributed by atoms with E-state index in [4.69, 9.17) is 5.73 Å². The number of aromatic nitrogens is 2. The van der Waals surface area contributed by atoms with Gasteiger partial charge in [0.2, 0.25) is 0 Å². The second-order valence-corrected chi connectivity index (χ2v) is 4.87. The lowest BCUT2D eigenvalue weighted by molar-refractivity contribution is 0.519. The molecular formula is C13H15F2N3. The van der Waals surface area contributed by atoms with Gasteiger partial charge in [-0.3, -0.25) is 0 Å². The van der Waals surface area contributed by atoms with Crippen LogP contribution in [0.5, 0.6) is 0 Å². The predicted molar refractivity (Wildman–Crippen MR) is 65.0 cm³/mol. The third kappa shape index (κ3) is 2.73. The first-order valence-electron chi connectivity index (χ1n) is 5.64. The summed E-state index contributed by atoms with van der Waals surface area (Å²) in [5, 5.41) is 0. The maximum Gasteiger partial charge on any atom is 0.126 e. The van der Waals surface area contributed by atoms with Crippen LogP contribution < -0.4 is 5.73 Å². The molecule has 0 aliphatic rings. The van der Waals surface area contributed by atoms with E-state index >= 15 is 0 Å². The van der Waals surface area contributed by atoms with Crippen molar-refractivity contribution >= 4 is 0 Å². The van der Waals surface area contributed by atoms with Gasteiger partial charge in [-0.15, -0.1) is 0 Å². The van der Waals surface area contributed by atoms with E-state index in [1.165, 1.54) is 6.07 Å². The molecule has 0 atom stereocenters. The monoisotopic (exact) mass is 251 g/mol. The topological polar surface area (TPSA) is 54.7 Å². The van der Waals surface area contributed by atoms with Crippen LogP contribution in [0, 0.1) is 11.6 Å². The maximum absolute atomic E-state index is 13.5. The average molecular weight is 251 g/mol. The van der Waals surface area contributed by atoms with Gasteiger partial charge in [-0.25, -0.2) is 13.8 Å². The molecule has 2 rings (SSSR count). The van der Waals surface area contributed by atoms with Gasteiger partial charge >= 0.3 is 0 Å². The highest BCUT2D eigenvalue weighted by Gasteiger charge is 2.18. The lowest BCUT2D eigenvalue weighted by Crippen LogP contribution is -2.30. The van der Waals surface area contributed by atoms with Gasteiger partial charge in [0, 0.05) is 12.6 Å². The first-order valence-corrected chi connectivity index (χ1v) is 5.64. The van der Waals surface area contributed by atoms with E-state index in [1.54, 1.807) is 6.20 Å². The molecule has 0 aliphatic carbocycles. The Bertz CT molecular complexity index is 556. The molecule has 1 aromatic carbocycles. The number of aromatic amines is 1. The van der Waals surface area contributed by atoms with Crippen LogP contribution in [0.25, 0.3) is 0 Å². The number of hydrogen-bond acceptors (Lipinski definition) is 2. The molecule has 1 heterocycles. The van der Waals surface area contributed by atoms with Gasteiger partial charge in [-0.05, 0) is 37.6 Å². The van der Waals surface area contributed by atoms with Crippen LogP contribution in [0.15, 0.2) is 24.4 Å². The minimum Gasteiger partial charge on any atom is -0.347 e. The minimum atomic E-state index is -0.585. The Balaban J connectivity index is 2.24. The van der Waals surface area contributed by atoms with E-state index in [1.807, 2.05) is 13.8 Å². The molecule has 2 aromatic rings. The average Bonchev–Trinajstić information content (AvgIpc) is 2.71. The Hall–Kier alpha value is -1.75. The van der Waals surface area contributed by atoms with Crippen LogP contribution in [0.4, 0.5) is 8.78 Å². The summed E-state index contributed by atoms with van der Waals surface area (Å²) >= 11 is 0. The van der Waals surface area contributed by atoms with Gasteiger partial charge in [0.25, 0.3) is 0 Å². The summed E-state index contributed by atoms with van der Waals surface area (Å²) in [6.07, 6.45) is 1.89. The Morgan fingerprint density at radius 1 is 1.33 bits per heavy atom. The number of benzene rings is 1. The van der Waals surface area contributed by atoms with Crippen LogP contribution in [0.3, 0.4) is 0 Å². The summed E-state index contributed by atoms with van der Waals surface area (Å²) in [5.74, 6) is -0.274. The number of hydrogen-bond donors (Lipinski definition) is 2. The Kier molecular flexibility index (Phi) is 3.17. The highest BCUT2D eigenvalue weighted by molar-refractivity contribution is 5.24. The Morgan fingerprint density at radius 3 is 2.67 bits per heavy atom. The fraction of sp³-hybridized carbons (Fsp3) is 0.308. The standard InChI is InChI=1S/C13H15F2N3/c1-13(2,16)12-17-7-10(18-12)6-8-5-9(14)3-4-11(8)15/h3-5,7H,6,16H2,1-2H3,(H,17,18). The fourth-order valence-corrected chi connectivity index (χ4v) is 1.65. The third-order valence-electron chi connectivity index (χ3n) is 2.62. The molecule has 18 heavy (non-hydrogen) atoms. The molecule has 1 aromatic heterocycles. The van der Waals surface area contributed by atoms with Gasteiger partial charge in [-0.1, -0.05) is 0 Å². The molecule has 0 amide bonds. The van der Waals surface area contributed by atoms with Gasteiger partial charge in [0.05, 0.1) is 11.2 Å². The van der Waals surface area contributed by atoms with E-state index < -0.39 is 17.2 Å². The third-order valence-corrected chi connectivity index (χ3v) is 2.62. The fourth-order valence-electron chi connectivity index (χ4n) is 1.65. The summed E-state index contributed by atoms with van der Waals surface area (Å²) in [5.41, 5.74) is 6.22. The van der Waals surface area contributed by atoms with Crippen molar-refractivity contribution in [3.8, 4) is 0 Å². The molecule has 0 aliphatic heterocycles. The van der Waals surface area contributed by atoms with Gasteiger partial charge in [0.1, 0.15) is 17.5 Å². The van der Waals surface area contributed by atoms with Crippen LogP contribution >= 0.6 is 0 Å². The van der Waals surface area contributed by atoms with E-state index in [9.17, 15) is 8.78 Å². The van der Waals surface area contributed by atoms with Gasteiger partial charge < -0.3 is 10.7 Å². The molecule has 3 nitrogen and oxygen atoms in total. The molecular weight excluding hydrogens is 236 g/mol. The highest BCUT2D eigenvalue weighted by Crippen LogP contribution is 2.17. The van der Waals surface area contributed by atoms with Crippen molar-refractivity contribution in [3.05, 3.63) is 53.1 Å². The van der Waals surface area contributed by atoms with Crippen molar-refractivity contribution in [2.24, 2.45) is 5.73 Å². The second kappa shape index (κ2) is 4.49. The summed E-state index contributed by atoms with van der Waals surface area (Å²) in [6.45, 7) is 3.64. The number of nitrogens with one attached hydrogen (secondary N) is 1. The van der Waals surface area contributed by atoms with E-state index in [2.05, 4.69) is 9.97 Å². The van der Waals surface area contributed by atoms with E-state index in [0.717, 1.165) is 12.1 Å². The zero-order valence-corrected chi connectivity index (χ0v) is 10.3. The molecule has 0 spiro atoms. The van der Waals surface area contributed by atoms with Crippen molar-refractivity contribution < 1.29 is 8.78 Å². The van der Waals surface area contributed by atoms with Crippen molar-refractivity contribution in [1.82, 2.24) is 9.97 Å². The molecule has 0 saturated carbocycles. The van der Waals surface area contributed by atoms with Crippen molar-refractivity contribution in [2.45, 2.75) is 25.8 Å². The van der Waals surface area contributed by atoms with Crippen molar-refractivity contribution in [3.63, 3.8) is 0 Å². The van der Waals surface area contributed by atoms with E-state index in [0.29, 0.717) is 11.5 Å². The first kappa shape index (κ1) is 12.7. The molecule has 0 bridgehead atoms. The van der Waals surface area contributed by atoms with Gasteiger partial charge in [0.15, 0.2) is 0 Å². The molecule has 0 radical (unpaired) electrons. The molecule has 0 fully saturated rings. The molecule has 0 saturated heterocycles. The number of nitrogens with two attached hydrogens (primary N) is 1. The number of rotatable bonds is 3. The zero-order chi connectivity index (χ0) is 13.3. The summed E-state index contributed by atoms with van der Waals surface area (Å²) in [6, 6.07) is 3.39. The quantitative estimate of drug-likeness (QED) is 0.880. The largest absolute Gasteiger partial charge is 0.347 e. The normalized spacial score (nSPS) is 11.8. The number of halogens is 2.